The van der Waals surface area contributed by atoms with Crippen molar-refractivity contribution in [2.45, 2.75) is 19.9 Å². The Balaban J connectivity index is 1.53. The lowest BCUT2D eigenvalue weighted by Crippen LogP contribution is -2.35. The van der Waals surface area contributed by atoms with E-state index in [2.05, 4.69) is 56.0 Å². The van der Waals surface area contributed by atoms with E-state index < -0.39 is 0 Å². The first-order chi connectivity index (χ1) is 13.7. The quantitative estimate of drug-likeness (QED) is 0.509. The highest BCUT2D eigenvalue weighted by atomic mass is 16.5. The molecule has 0 spiro atoms. The van der Waals surface area contributed by atoms with Crippen LogP contribution in [0.2, 0.25) is 0 Å². The second-order valence-corrected chi connectivity index (χ2v) is 7.32. The first kappa shape index (κ1) is 17.2. The highest BCUT2D eigenvalue weighted by Crippen LogP contribution is 2.31. The van der Waals surface area contributed by atoms with Crippen LogP contribution in [0.5, 0.6) is 0 Å². The molecule has 1 aliphatic heterocycles. The third kappa shape index (κ3) is 3.12. The minimum absolute atomic E-state index is 0.475. The molecular formula is C21H24N6O. The number of imidazole rings is 1. The summed E-state index contributed by atoms with van der Waals surface area (Å²) in [5.41, 5.74) is 12.1. The van der Waals surface area contributed by atoms with E-state index in [0.29, 0.717) is 11.5 Å². The van der Waals surface area contributed by atoms with Crippen LogP contribution in [0.4, 0.5) is 5.82 Å². The maximum absolute atomic E-state index is 6.04. The zero-order valence-electron chi connectivity index (χ0n) is 16.0. The van der Waals surface area contributed by atoms with Gasteiger partial charge >= 0.3 is 0 Å². The van der Waals surface area contributed by atoms with Crippen molar-refractivity contribution in [3.05, 3.63) is 41.7 Å². The summed E-state index contributed by atoms with van der Waals surface area (Å²) in [6, 6.07) is 10.7. The predicted molar refractivity (Wildman–Crippen MR) is 111 cm³/mol. The van der Waals surface area contributed by atoms with Gasteiger partial charge in [0, 0.05) is 48.2 Å². The second-order valence-electron chi connectivity index (χ2n) is 7.32. The van der Waals surface area contributed by atoms with Crippen LogP contribution >= 0.6 is 0 Å². The van der Waals surface area contributed by atoms with Crippen molar-refractivity contribution in [2.75, 3.05) is 32.0 Å². The number of H-pyrrole nitrogens is 2. The molecule has 0 radical (unpaired) electrons. The third-order valence-electron chi connectivity index (χ3n) is 5.35. The average molecular weight is 376 g/mol. The Labute approximate surface area is 162 Å². The van der Waals surface area contributed by atoms with Gasteiger partial charge in [0.05, 0.1) is 18.7 Å². The fourth-order valence-electron chi connectivity index (χ4n) is 3.88. The number of benzene rings is 1. The molecule has 7 nitrogen and oxygen atoms in total. The van der Waals surface area contributed by atoms with Gasteiger partial charge in [-0.3, -0.25) is 4.90 Å². The standard InChI is InChI=1S/C21H24N6O/c1-2-19-25-20-15(11-18(22)24-21(20)26-19)17-10-14-9-13(3-4-16(14)23-17)12-27-5-7-28-8-6-27/h3-4,9-11,23H,2,5-8,12H2,1H3,(H3,22,24,25,26). The van der Waals surface area contributed by atoms with Crippen molar-refractivity contribution in [1.29, 1.82) is 0 Å². The molecule has 4 N–H and O–H groups in total. The van der Waals surface area contributed by atoms with Gasteiger partial charge in [-0.15, -0.1) is 0 Å². The van der Waals surface area contributed by atoms with E-state index in [1.165, 1.54) is 10.9 Å². The van der Waals surface area contributed by atoms with Crippen molar-refractivity contribution in [3.8, 4) is 11.3 Å². The number of ether oxygens (including phenoxy) is 1. The smallest absolute Gasteiger partial charge is 0.180 e. The molecule has 1 aliphatic rings. The van der Waals surface area contributed by atoms with Crippen molar-refractivity contribution >= 4 is 27.9 Å². The number of morpholine rings is 1. The number of nitrogens with two attached hydrogens (primary N) is 1. The molecule has 3 aromatic heterocycles. The number of anilines is 1. The number of aromatic nitrogens is 4. The summed E-state index contributed by atoms with van der Waals surface area (Å²) in [5.74, 6) is 1.39. The van der Waals surface area contributed by atoms with Gasteiger partial charge in [0.2, 0.25) is 0 Å². The van der Waals surface area contributed by atoms with Gasteiger partial charge in [0.25, 0.3) is 0 Å². The van der Waals surface area contributed by atoms with Gasteiger partial charge in [0.15, 0.2) is 5.65 Å². The number of aryl methyl sites for hydroxylation is 1. The van der Waals surface area contributed by atoms with Crippen molar-refractivity contribution in [3.63, 3.8) is 0 Å². The molecule has 0 saturated carbocycles. The molecule has 5 rings (SSSR count). The Morgan fingerprint density at radius 2 is 1.96 bits per heavy atom. The number of hydrogen-bond donors (Lipinski definition) is 3. The highest BCUT2D eigenvalue weighted by Gasteiger charge is 2.15. The molecule has 28 heavy (non-hydrogen) atoms. The number of hydrogen-bond acceptors (Lipinski definition) is 5. The molecule has 0 amide bonds. The molecule has 1 saturated heterocycles. The lowest BCUT2D eigenvalue weighted by atomic mass is 10.1. The van der Waals surface area contributed by atoms with Crippen LogP contribution in [0.3, 0.4) is 0 Å². The van der Waals surface area contributed by atoms with Crippen LogP contribution in [0.25, 0.3) is 33.3 Å². The Morgan fingerprint density at radius 3 is 2.79 bits per heavy atom. The molecule has 0 atom stereocenters. The van der Waals surface area contributed by atoms with Crippen LogP contribution in [0.1, 0.15) is 18.3 Å². The summed E-state index contributed by atoms with van der Waals surface area (Å²) in [4.78, 5) is 18.2. The van der Waals surface area contributed by atoms with Crippen molar-refractivity contribution in [1.82, 2.24) is 24.8 Å². The molecule has 1 aromatic carbocycles. The van der Waals surface area contributed by atoms with Crippen LogP contribution in [-0.4, -0.2) is 51.1 Å². The molecule has 0 aliphatic carbocycles. The number of fused-ring (bicyclic) bond motifs is 2. The average Bonchev–Trinajstić information content (AvgIpc) is 3.31. The van der Waals surface area contributed by atoms with Crippen molar-refractivity contribution in [2.24, 2.45) is 0 Å². The van der Waals surface area contributed by atoms with E-state index >= 15 is 0 Å². The molecule has 1 fully saturated rings. The van der Waals surface area contributed by atoms with Gasteiger partial charge in [-0.05, 0) is 29.8 Å². The summed E-state index contributed by atoms with van der Waals surface area (Å²) < 4.78 is 5.44. The summed E-state index contributed by atoms with van der Waals surface area (Å²) >= 11 is 0. The number of nitrogens with one attached hydrogen (secondary N) is 2. The van der Waals surface area contributed by atoms with E-state index in [-0.39, 0.29) is 0 Å². The van der Waals surface area contributed by atoms with E-state index in [1.54, 1.807) is 0 Å². The van der Waals surface area contributed by atoms with E-state index in [0.717, 1.165) is 67.4 Å². The van der Waals surface area contributed by atoms with E-state index in [4.69, 9.17) is 10.5 Å². The highest BCUT2D eigenvalue weighted by molar-refractivity contribution is 5.95. The summed E-state index contributed by atoms with van der Waals surface area (Å²) in [5, 5.41) is 1.19. The lowest BCUT2D eigenvalue weighted by molar-refractivity contribution is 0.0342. The minimum atomic E-state index is 0.475. The maximum Gasteiger partial charge on any atom is 0.180 e. The molecular weight excluding hydrogens is 352 g/mol. The van der Waals surface area contributed by atoms with E-state index in [1.807, 2.05) is 6.07 Å². The van der Waals surface area contributed by atoms with Gasteiger partial charge in [0.1, 0.15) is 11.6 Å². The number of aromatic amines is 2. The van der Waals surface area contributed by atoms with Crippen LogP contribution in [0, 0.1) is 0 Å². The molecule has 4 aromatic rings. The Bertz CT molecular complexity index is 1140. The van der Waals surface area contributed by atoms with Crippen LogP contribution in [-0.2, 0) is 17.7 Å². The molecule has 144 valence electrons. The summed E-state index contributed by atoms with van der Waals surface area (Å²) in [7, 11) is 0. The normalized spacial score (nSPS) is 15.6. The third-order valence-corrected chi connectivity index (χ3v) is 5.35. The fourth-order valence-corrected chi connectivity index (χ4v) is 3.88. The van der Waals surface area contributed by atoms with Crippen LogP contribution in [0.15, 0.2) is 30.3 Å². The zero-order valence-corrected chi connectivity index (χ0v) is 16.0. The number of rotatable bonds is 4. The van der Waals surface area contributed by atoms with E-state index in [9.17, 15) is 0 Å². The van der Waals surface area contributed by atoms with Gasteiger partial charge < -0.3 is 20.4 Å². The van der Waals surface area contributed by atoms with Crippen molar-refractivity contribution < 1.29 is 4.74 Å². The second kappa shape index (κ2) is 6.92. The summed E-state index contributed by atoms with van der Waals surface area (Å²) in [6.45, 7) is 6.64. The minimum Gasteiger partial charge on any atom is -0.384 e. The molecule has 4 heterocycles. The van der Waals surface area contributed by atoms with Gasteiger partial charge in [-0.2, -0.15) is 0 Å². The zero-order chi connectivity index (χ0) is 19.1. The molecule has 0 unspecified atom stereocenters. The first-order valence-corrected chi connectivity index (χ1v) is 9.77. The Kier molecular flexibility index (Phi) is 4.26. The monoisotopic (exact) mass is 376 g/mol. The molecule has 7 heteroatoms. The maximum atomic E-state index is 6.04. The van der Waals surface area contributed by atoms with Gasteiger partial charge in [-0.25, -0.2) is 9.97 Å². The predicted octanol–water partition coefficient (Wildman–Crippen LogP) is 3.08. The SMILES string of the molecule is CCc1nc2nc(N)cc(-c3cc4cc(CN5CCOCC5)ccc4[nH]3)c2[nH]1. The summed E-state index contributed by atoms with van der Waals surface area (Å²) in [6.07, 6.45) is 0.827. The largest absolute Gasteiger partial charge is 0.384 e. The topological polar surface area (TPSA) is 95.8 Å². The number of nitrogens with zero attached hydrogens (tertiary/aromatic N) is 3. The fraction of sp³-hybridized carbons (Fsp3) is 0.333. The van der Waals surface area contributed by atoms with Gasteiger partial charge in [-0.1, -0.05) is 13.0 Å². The molecule has 0 bridgehead atoms. The Morgan fingerprint density at radius 1 is 1.11 bits per heavy atom. The first-order valence-electron chi connectivity index (χ1n) is 9.77. The number of pyridine rings is 1. The number of nitrogen functional groups attached to an aromatic ring is 1. The lowest BCUT2D eigenvalue weighted by Gasteiger charge is -2.26. The van der Waals surface area contributed by atoms with Crippen LogP contribution < -0.4 is 5.73 Å². The Hall–Kier alpha value is -2.90.